The van der Waals surface area contributed by atoms with Crippen LogP contribution in [0, 0.1) is 5.92 Å². The van der Waals surface area contributed by atoms with E-state index < -0.39 is 0 Å². The van der Waals surface area contributed by atoms with E-state index in [1.165, 1.54) is 36.6 Å². The first-order chi connectivity index (χ1) is 12.8. The molecule has 2 saturated heterocycles. The minimum atomic E-state index is 0.375. The second-order valence-corrected chi connectivity index (χ2v) is 7.86. The maximum atomic E-state index is 12.3. The van der Waals surface area contributed by atoms with Gasteiger partial charge in [-0.15, -0.1) is 0 Å². The van der Waals surface area contributed by atoms with Crippen molar-refractivity contribution >= 4 is 16.8 Å². The lowest BCUT2D eigenvalue weighted by atomic mass is 9.92. The Balaban J connectivity index is 1.34. The van der Waals surface area contributed by atoms with Crippen LogP contribution in [0.4, 0.5) is 0 Å². The molecule has 0 bridgehead atoms. The Morgan fingerprint density at radius 2 is 1.92 bits per heavy atom. The van der Waals surface area contributed by atoms with Crippen LogP contribution in [0.5, 0.6) is 0 Å². The van der Waals surface area contributed by atoms with Gasteiger partial charge in [0.1, 0.15) is 0 Å². The molecule has 4 heteroatoms. The Kier molecular flexibility index (Phi) is 5.49. The van der Waals surface area contributed by atoms with E-state index in [1.54, 1.807) is 0 Å². The minimum absolute atomic E-state index is 0.375. The largest absolute Gasteiger partial charge is 0.343 e. The van der Waals surface area contributed by atoms with Gasteiger partial charge in [-0.25, -0.2) is 0 Å². The highest BCUT2D eigenvalue weighted by Crippen LogP contribution is 2.25. The first-order valence-electron chi connectivity index (χ1n) is 10.1. The molecular formula is C22H29N3O. The van der Waals surface area contributed by atoms with Gasteiger partial charge in [-0.2, -0.15) is 0 Å². The Morgan fingerprint density at radius 1 is 1.08 bits per heavy atom. The zero-order valence-electron chi connectivity index (χ0n) is 15.6. The number of carbonyl (C=O) groups is 1. The van der Waals surface area contributed by atoms with Gasteiger partial charge in [0.15, 0.2) is 0 Å². The topological polar surface area (TPSA) is 36.4 Å². The van der Waals surface area contributed by atoms with Crippen LogP contribution in [0.15, 0.2) is 36.5 Å². The molecule has 1 atom stereocenters. The fraction of sp³-hybridized carbons (Fsp3) is 0.545. The number of fused-ring (bicyclic) bond motifs is 1. The second kappa shape index (κ2) is 8.17. The average Bonchev–Trinajstić information content (AvgIpc) is 3.22. The van der Waals surface area contributed by atoms with Crippen LogP contribution in [0.2, 0.25) is 0 Å². The molecule has 2 aliphatic rings. The molecule has 2 fully saturated rings. The molecule has 4 rings (SSSR count). The predicted molar refractivity (Wildman–Crippen MR) is 105 cm³/mol. The van der Waals surface area contributed by atoms with Gasteiger partial charge in [0.25, 0.3) is 0 Å². The van der Waals surface area contributed by atoms with Crippen molar-refractivity contribution in [1.82, 2.24) is 14.8 Å². The van der Waals surface area contributed by atoms with Crippen LogP contribution in [0.25, 0.3) is 10.9 Å². The summed E-state index contributed by atoms with van der Waals surface area (Å²) in [6.07, 6.45) is 8.57. The number of pyridine rings is 1. The number of nitrogens with zero attached hydrogens (tertiary/aromatic N) is 3. The van der Waals surface area contributed by atoms with E-state index in [9.17, 15) is 4.79 Å². The minimum Gasteiger partial charge on any atom is -0.343 e. The van der Waals surface area contributed by atoms with Crippen LogP contribution >= 0.6 is 0 Å². The van der Waals surface area contributed by atoms with E-state index in [0.29, 0.717) is 11.8 Å². The standard InChI is InChI=1S/C22H29N3O/c26-22(25-14-3-4-15-25)10-9-18-6-5-13-24(16-18)17-19-11-12-23-21-8-2-1-7-20(19)21/h1-2,7-8,11-12,18H,3-6,9-10,13-17H2/t18-/m0/s1. The Labute approximate surface area is 156 Å². The maximum absolute atomic E-state index is 12.3. The van der Waals surface area contributed by atoms with Crippen LogP contribution < -0.4 is 0 Å². The highest BCUT2D eigenvalue weighted by atomic mass is 16.2. The summed E-state index contributed by atoms with van der Waals surface area (Å²) in [4.78, 5) is 21.4. The third-order valence-electron chi connectivity index (χ3n) is 5.96. The summed E-state index contributed by atoms with van der Waals surface area (Å²) in [7, 11) is 0. The van der Waals surface area contributed by atoms with Gasteiger partial charge in [0.05, 0.1) is 5.52 Å². The average molecular weight is 351 g/mol. The molecule has 138 valence electrons. The zero-order chi connectivity index (χ0) is 17.8. The van der Waals surface area contributed by atoms with E-state index in [0.717, 1.165) is 51.1 Å². The second-order valence-electron chi connectivity index (χ2n) is 7.86. The molecule has 0 spiro atoms. The number of amides is 1. The first-order valence-corrected chi connectivity index (χ1v) is 10.1. The number of aromatic nitrogens is 1. The quantitative estimate of drug-likeness (QED) is 0.821. The lowest BCUT2D eigenvalue weighted by Gasteiger charge is -2.33. The number of benzene rings is 1. The molecule has 1 aromatic heterocycles. The van der Waals surface area contributed by atoms with Gasteiger partial charge in [-0.1, -0.05) is 18.2 Å². The van der Waals surface area contributed by atoms with E-state index in [-0.39, 0.29) is 0 Å². The normalized spacial score (nSPS) is 21.4. The smallest absolute Gasteiger partial charge is 0.222 e. The summed E-state index contributed by atoms with van der Waals surface area (Å²) < 4.78 is 0. The van der Waals surface area contributed by atoms with Crippen molar-refractivity contribution in [3.05, 3.63) is 42.1 Å². The SMILES string of the molecule is O=C(CC[C@@H]1CCCN(Cc2ccnc3ccccc23)C1)N1CCCC1. The van der Waals surface area contributed by atoms with Crippen molar-refractivity contribution in [3.8, 4) is 0 Å². The zero-order valence-corrected chi connectivity index (χ0v) is 15.6. The van der Waals surface area contributed by atoms with Crippen molar-refractivity contribution in [2.24, 2.45) is 5.92 Å². The van der Waals surface area contributed by atoms with Gasteiger partial charge < -0.3 is 4.90 Å². The Morgan fingerprint density at radius 3 is 2.81 bits per heavy atom. The third-order valence-corrected chi connectivity index (χ3v) is 5.96. The molecule has 26 heavy (non-hydrogen) atoms. The number of carbonyl (C=O) groups excluding carboxylic acids is 1. The fourth-order valence-corrected chi connectivity index (χ4v) is 4.52. The van der Waals surface area contributed by atoms with Gasteiger partial charge >= 0.3 is 0 Å². The summed E-state index contributed by atoms with van der Waals surface area (Å²) in [5, 5.41) is 1.27. The maximum Gasteiger partial charge on any atom is 0.222 e. The molecule has 0 aliphatic carbocycles. The summed E-state index contributed by atoms with van der Waals surface area (Å²) in [6, 6.07) is 10.6. The van der Waals surface area contributed by atoms with Gasteiger partial charge in [-0.05, 0) is 62.3 Å². The molecule has 4 nitrogen and oxygen atoms in total. The van der Waals surface area contributed by atoms with E-state index in [4.69, 9.17) is 0 Å². The van der Waals surface area contributed by atoms with E-state index >= 15 is 0 Å². The molecular weight excluding hydrogens is 322 g/mol. The molecule has 0 radical (unpaired) electrons. The van der Waals surface area contributed by atoms with Crippen molar-refractivity contribution in [2.45, 2.75) is 45.1 Å². The number of likely N-dealkylation sites (tertiary alicyclic amines) is 2. The number of piperidine rings is 1. The molecule has 0 unspecified atom stereocenters. The lowest BCUT2D eigenvalue weighted by Crippen LogP contribution is -2.36. The molecule has 1 aromatic carbocycles. The summed E-state index contributed by atoms with van der Waals surface area (Å²) in [5.74, 6) is 1.03. The summed E-state index contributed by atoms with van der Waals surface area (Å²) >= 11 is 0. The van der Waals surface area contributed by atoms with Crippen LogP contribution in [0.3, 0.4) is 0 Å². The molecule has 0 saturated carbocycles. The number of rotatable bonds is 5. The van der Waals surface area contributed by atoms with E-state index in [2.05, 4.69) is 39.0 Å². The van der Waals surface area contributed by atoms with Crippen LogP contribution in [-0.2, 0) is 11.3 Å². The highest BCUT2D eigenvalue weighted by molar-refractivity contribution is 5.81. The molecule has 2 aliphatic heterocycles. The van der Waals surface area contributed by atoms with Crippen molar-refractivity contribution in [2.75, 3.05) is 26.2 Å². The molecule has 1 amide bonds. The van der Waals surface area contributed by atoms with Gasteiger partial charge in [0.2, 0.25) is 5.91 Å². The fourth-order valence-electron chi connectivity index (χ4n) is 4.52. The van der Waals surface area contributed by atoms with Crippen molar-refractivity contribution < 1.29 is 4.79 Å². The van der Waals surface area contributed by atoms with Crippen molar-refractivity contribution in [1.29, 1.82) is 0 Å². The molecule has 3 heterocycles. The Hall–Kier alpha value is -1.94. The van der Waals surface area contributed by atoms with Gasteiger partial charge in [0, 0.05) is 44.2 Å². The number of hydrogen-bond donors (Lipinski definition) is 0. The monoisotopic (exact) mass is 351 g/mol. The third kappa shape index (κ3) is 4.07. The summed E-state index contributed by atoms with van der Waals surface area (Å²) in [6.45, 7) is 5.21. The van der Waals surface area contributed by atoms with Crippen LogP contribution in [-0.4, -0.2) is 46.9 Å². The summed E-state index contributed by atoms with van der Waals surface area (Å²) in [5.41, 5.74) is 2.44. The molecule has 2 aromatic rings. The van der Waals surface area contributed by atoms with Gasteiger partial charge in [-0.3, -0.25) is 14.7 Å². The number of para-hydroxylation sites is 1. The van der Waals surface area contributed by atoms with Crippen LogP contribution in [0.1, 0.15) is 44.1 Å². The van der Waals surface area contributed by atoms with Crippen molar-refractivity contribution in [3.63, 3.8) is 0 Å². The predicted octanol–water partition coefficient (Wildman–Crippen LogP) is 3.85. The highest BCUT2D eigenvalue weighted by Gasteiger charge is 2.23. The first kappa shape index (κ1) is 17.5. The lowest BCUT2D eigenvalue weighted by molar-refractivity contribution is -0.130. The Bertz CT molecular complexity index is 749. The molecule has 0 N–H and O–H groups in total. The number of hydrogen-bond acceptors (Lipinski definition) is 3. The van der Waals surface area contributed by atoms with E-state index in [1.807, 2.05) is 12.3 Å².